The third-order valence-corrected chi connectivity index (χ3v) is 7.23. The summed E-state index contributed by atoms with van der Waals surface area (Å²) in [7, 11) is 0. The molecule has 0 bridgehead atoms. The highest BCUT2D eigenvalue weighted by Gasteiger charge is 2.60. The van der Waals surface area contributed by atoms with E-state index in [0.29, 0.717) is 5.57 Å². The van der Waals surface area contributed by atoms with E-state index in [-0.39, 0.29) is 23.6 Å². The number of aliphatic hydroxyl groups excluding tert-OH is 1. The molecule has 7 nitrogen and oxygen atoms in total. The zero-order valence-corrected chi connectivity index (χ0v) is 16.2. The Morgan fingerprint density at radius 2 is 2.23 bits per heavy atom. The molecule has 0 aliphatic carbocycles. The van der Waals surface area contributed by atoms with Crippen molar-refractivity contribution in [3.63, 3.8) is 0 Å². The van der Waals surface area contributed by atoms with Gasteiger partial charge >= 0.3 is 5.97 Å². The summed E-state index contributed by atoms with van der Waals surface area (Å²) in [5, 5.41) is 20.6. The van der Waals surface area contributed by atoms with E-state index >= 15 is 0 Å². The van der Waals surface area contributed by atoms with Crippen LogP contribution in [0.15, 0.2) is 23.2 Å². The molecule has 138 valence electrons. The molecule has 26 heavy (non-hydrogen) atoms. The maximum atomic E-state index is 12.4. The Balaban J connectivity index is 1.82. The van der Waals surface area contributed by atoms with E-state index in [1.807, 2.05) is 17.5 Å². The summed E-state index contributed by atoms with van der Waals surface area (Å²) in [6.45, 7) is 5.57. The summed E-state index contributed by atoms with van der Waals surface area (Å²) in [5.74, 6) is -1.21. The minimum absolute atomic E-state index is 0.0477. The molecular formula is C17H19N3O4S2. The molecule has 1 saturated heterocycles. The van der Waals surface area contributed by atoms with E-state index in [2.05, 4.69) is 11.9 Å². The number of carboxylic acids is 1. The number of thiazole rings is 1. The lowest BCUT2D eigenvalue weighted by atomic mass is 9.77. The molecule has 2 aromatic rings. The number of nitrogens with zero attached hydrogens (tertiary/aromatic N) is 3. The van der Waals surface area contributed by atoms with E-state index in [0.717, 1.165) is 20.5 Å². The number of aliphatic carboxylic acids is 1. The van der Waals surface area contributed by atoms with E-state index in [9.17, 15) is 19.8 Å². The van der Waals surface area contributed by atoms with E-state index in [4.69, 9.17) is 0 Å². The van der Waals surface area contributed by atoms with Crippen molar-refractivity contribution in [2.45, 2.75) is 37.9 Å². The number of hydrogen-bond donors (Lipinski definition) is 2. The molecular weight excluding hydrogens is 374 g/mol. The van der Waals surface area contributed by atoms with Crippen LogP contribution in [0.2, 0.25) is 0 Å². The van der Waals surface area contributed by atoms with Gasteiger partial charge in [-0.25, -0.2) is 9.78 Å². The van der Waals surface area contributed by atoms with Crippen LogP contribution in [0, 0.1) is 11.8 Å². The van der Waals surface area contributed by atoms with Crippen molar-refractivity contribution in [1.29, 1.82) is 0 Å². The molecule has 0 spiro atoms. The Morgan fingerprint density at radius 3 is 2.85 bits per heavy atom. The third kappa shape index (κ3) is 2.27. The highest BCUT2D eigenvalue weighted by molar-refractivity contribution is 7.99. The number of β-lactam (4-membered cyclic amide) rings is 1. The molecule has 1 amide bonds. The first-order chi connectivity index (χ1) is 12.4. The summed E-state index contributed by atoms with van der Waals surface area (Å²) in [5.41, 5.74) is 0.715. The van der Waals surface area contributed by atoms with Crippen LogP contribution in [-0.4, -0.2) is 54.3 Å². The van der Waals surface area contributed by atoms with Crippen LogP contribution in [0.5, 0.6) is 0 Å². The largest absolute Gasteiger partial charge is 0.477 e. The van der Waals surface area contributed by atoms with Gasteiger partial charge in [-0.3, -0.25) is 9.20 Å². The molecule has 4 heterocycles. The van der Waals surface area contributed by atoms with E-state index < -0.39 is 18.0 Å². The lowest BCUT2D eigenvalue weighted by Gasteiger charge is -2.46. The zero-order valence-electron chi connectivity index (χ0n) is 14.5. The number of amides is 1. The van der Waals surface area contributed by atoms with Crippen molar-refractivity contribution in [1.82, 2.24) is 14.3 Å². The number of aromatic nitrogens is 2. The summed E-state index contributed by atoms with van der Waals surface area (Å²) in [6, 6.07) is -0.298. The number of carbonyl (C=O) groups excluding carboxylic acids is 1. The van der Waals surface area contributed by atoms with Crippen LogP contribution in [0.4, 0.5) is 0 Å². The Labute approximate surface area is 158 Å². The van der Waals surface area contributed by atoms with Gasteiger partial charge in [-0.1, -0.05) is 13.8 Å². The summed E-state index contributed by atoms with van der Waals surface area (Å²) < 4.78 is 1.90. The van der Waals surface area contributed by atoms with Crippen molar-refractivity contribution >= 4 is 45.4 Å². The lowest BCUT2D eigenvalue weighted by Crippen LogP contribution is -2.63. The number of rotatable bonds is 5. The molecule has 2 aliphatic rings. The predicted molar refractivity (Wildman–Crippen MR) is 99.0 cm³/mol. The summed E-state index contributed by atoms with van der Waals surface area (Å²) in [6.07, 6.45) is 2.82. The van der Waals surface area contributed by atoms with Gasteiger partial charge in [-0.05, 0) is 12.7 Å². The molecule has 9 heteroatoms. The van der Waals surface area contributed by atoms with Gasteiger partial charge in [0.05, 0.1) is 22.9 Å². The van der Waals surface area contributed by atoms with Gasteiger partial charge in [0.2, 0.25) is 5.91 Å². The fraction of sp³-hybridized carbons (Fsp3) is 0.471. The number of aliphatic hydroxyl groups is 1. The van der Waals surface area contributed by atoms with Crippen LogP contribution >= 0.6 is 23.1 Å². The fourth-order valence-electron chi connectivity index (χ4n) is 4.03. The number of carboxylic acid groups (broad SMARTS) is 1. The second-order valence-corrected chi connectivity index (χ2v) is 8.90. The van der Waals surface area contributed by atoms with Crippen LogP contribution in [0.1, 0.15) is 25.6 Å². The molecule has 2 N–H and O–H groups in total. The average Bonchev–Trinajstić information content (AvgIpc) is 3.19. The number of imidazole rings is 1. The van der Waals surface area contributed by atoms with Crippen molar-refractivity contribution in [3.8, 4) is 0 Å². The molecule has 0 unspecified atom stereocenters. The number of fused-ring (bicyclic) bond motifs is 2. The second kappa shape index (κ2) is 6.11. The van der Waals surface area contributed by atoms with Crippen molar-refractivity contribution in [2.75, 3.05) is 5.75 Å². The Kier molecular flexibility index (Phi) is 4.13. The van der Waals surface area contributed by atoms with Gasteiger partial charge in [0.1, 0.15) is 21.9 Å². The van der Waals surface area contributed by atoms with Crippen molar-refractivity contribution in [2.24, 2.45) is 11.8 Å². The maximum Gasteiger partial charge on any atom is 0.352 e. The Bertz CT molecular complexity index is 945. The molecule has 0 saturated carbocycles. The highest BCUT2D eigenvalue weighted by Crippen LogP contribution is 2.51. The SMILES string of the molecule is CCSc1ncn2cc(C3=C(C(=O)O)N4C(=O)[C@H]([C@@H](C)O)[C@H]4[C@H]3C)sc12. The van der Waals surface area contributed by atoms with Gasteiger partial charge in [-0.2, -0.15) is 0 Å². The first kappa shape index (κ1) is 17.6. The standard InChI is InChI=1S/C17H19N3O4S2/c1-4-25-14-16-19(6-18-14)5-9(26-16)10-7(2)12-11(8(3)21)15(22)20(12)13(10)17(23)24/h5-8,11-12,21H,4H2,1-3H3,(H,23,24)/t7-,8+,11+,12+/m0/s1. The van der Waals surface area contributed by atoms with Crippen LogP contribution in [0.3, 0.4) is 0 Å². The van der Waals surface area contributed by atoms with Crippen LogP contribution < -0.4 is 0 Å². The Hall–Kier alpha value is -1.84. The molecule has 2 aliphatic heterocycles. The molecule has 0 aromatic carbocycles. The Morgan fingerprint density at radius 1 is 1.50 bits per heavy atom. The maximum absolute atomic E-state index is 12.4. The normalized spacial score (nSPS) is 26.4. The van der Waals surface area contributed by atoms with Crippen molar-refractivity contribution in [3.05, 3.63) is 23.1 Å². The van der Waals surface area contributed by atoms with Crippen LogP contribution in [0.25, 0.3) is 10.4 Å². The second-order valence-electron chi connectivity index (χ2n) is 6.61. The zero-order chi connectivity index (χ0) is 18.7. The van der Waals surface area contributed by atoms with Gasteiger partial charge in [0.25, 0.3) is 0 Å². The average molecular weight is 393 g/mol. The minimum Gasteiger partial charge on any atom is -0.477 e. The third-order valence-electron chi connectivity index (χ3n) is 5.10. The molecule has 0 radical (unpaired) electrons. The first-order valence-corrected chi connectivity index (χ1v) is 10.2. The topological polar surface area (TPSA) is 95.1 Å². The molecule has 4 rings (SSSR count). The fourth-order valence-corrected chi connectivity index (χ4v) is 6.07. The minimum atomic E-state index is -1.11. The smallest absolute Gasteiger partial charge is 0.352 e. The van der Waals surface area contributed by atoms with Gasteiger partial charge in [-0.15, -0.1) is 23.1 Å². The highest BCUT2D eigenvalue weighted by atomic mass is 32.2. The van der Waals surface area contributed by atoms with Crippen LogP contribution in [-0.2, 0) is 9.59 Å². The predicted octanol–water partition coefficient (Wildman–Crippen LogP) is 2.16. The summed E-state index contributed by atoms with van der Waals surface area (Å²) >= 11 is 3.14. The first-order valence-electron chi connectivity index (χ1n) is 8.45. The summed E-state index contributed by atoms with van der Waals surface area (Å²) in [4.78, 5) is 31.9. The lowest BCUT2D eigenvalue weighted by molar-refractivity contribution is -0.163. The monoisotopic (exact) mass is 393 g/mol. The van der Waals surface area contributed by atoms with E-state index in [1.165, 1.54) is 16.2 Å². The number of thioether (sulfide) groups is 1. The number of hydrogen-bond acceptors (Lipinski definition) is 6. The number of carbonyl (C=O) groups is 2. The van der Waals surface area contributed by atoms with Gasteiger partial charge < -0.3 is 15.1 Å². The molecule has 4 atom stereocenters. The van der Waals surface area contributed by atoms with Crippen molar-refractivity contribution < 1.29 is 19.8 Å². The van der Waals surface area contributed by atoms with Gasteiger partial charge in [0, 0.05) is 17.7 Å². The molecule has 1 fully saturated rings. The molecule has 2 aromatic heterocycles. The van der Waals surface area contributed by atoms with Gasteiger partial charge in [0.15, 0.2) is 0 Å². The van der Waals surface area contributed by atoms with E-state index in [1.54, 1.807) is 25.0 Å². The quantitative estimate of drug-likeness (QED) is 0.597.